The van der Waals surface area contributed by atoms with E-state index in [4.69, 9.17) is 0 Å². The van der Waals surface area contributed by atoms with Crippen LogP contribution in [0.25, 0.3) is 0 Å². The largest absolute Gasteiger partial charge is 0.316 e. The smallest absolute Gasteiger partial charge is 0.00504 e. The van der Waals surface area contributed by atoms with Gasteiger partial charge in [0.2, 0.25) is 0 Å². The Kier molecular flexibility index (Phi) is 5.04. The van der Waals surface area contributed by atoms with E-state index in [1.165, 1.54) is 84.0 Å². The third-order valence-corrected chi connectivity index (χ3v) is 6.28. The summed E-state index contributed by atoms with van der Waals surface area (Å²) >= 11 is 0. The van der Waals surface area contributed by atoms with Crippen molar-refractivity contribution in [3.05, 3.63) is 0 Å². The molecule has 1 saturated heterocycles. The van der Waals surface area contributed by atoms with E-state index in [1.807, 2.05) is 0 Å². The molecule has 0 aromatic heterocycles. The molecule has 2 nitrogen and oxygen atoms in total. The van der Waals surface area contributed by atoms with Crippen molar-refractivity contribution in [3.8, 4) is 0 Å². The Bertz CT molecular complexity index is 282. The highest BCUT2D eigenvalue weighted by molar-refractivity contribution is 4.93. The highest BCUT2D eigenvalue weighted by atomic mass is 15.2. The number of likely N-dealkylation sites (tertiary alicyclic amines) is 1. The van der Waals surface area contributed by atoms with Crippen molar-refractivity contribution in [2.75, 3.05) is 32.7 Å². The lowest BCUT2D eigenvalue weighted by Crippen LogP contribution is -2.43. The summed E-state index contributed by atoms with van der Waals surface area (Å²) in [5.41, 5.74) is 0.588. The van der Waals surface area contributed by atoms with Gasteiger partial charge in [0.1, 0.15) is 0 Å². The van der Waals surface area contributed by atoms with Gasteiger partial charge in [-0.15, -0.1) is 0 Å². The van der Waals surface area contributed by atoms with Gasteiger partial charge in [-0.1, -0.05) is 39.0 Å². The van der Waals surface area contributed by atoms with Gasteiger partial charge in [-0.05, 0) is 49.5 Å². The molecule has 1 N–H and O–H groups in total. The molecule has 2 heteroatoms. The highest BCUT2D eigenvalue weighted by Gasteiger charge is 2.40. The quantitative estimate of drug-likeness (QED) is 0.772. The van der Waals surface area contributed by atoms with Gasteiger partial charge < -0.3 is 10.2 Å². The number of fused-ring (bicyclic) bond motifs is 1. The molecule has 3 fully saturated rings. The van der Waals surface area contributed by atoms with Crippen LogP contribution < -0.4 is 5.32 Å². The van der Waals surface area contributed by atoms with E-state index in [1.54, 1.807) is 0 Å². The molecule has 1 heterocycles. The van der Waals surface area contributed by atoms with Crippen LogP contribution in [0.5, 0.6) is 0 Å². The fraction of sp³-hybridized carbons (Fsp3) is 1.00. The molecule has 0 aromatic carbocycles. The van der Waals surface area contributed by atoms with E-state index < -0.39 is 0 Å². The Morgan fingerprint density at radius 2 is 1.60 bits per heavy atom. The van der Waals surface area contributed by atoms with Crippen LogP contribution in [0.3, 0.4) is 0 Å². The molecule has 3 aliphatic rings. The van der Waals surface area contributed by atoms with Crippen molar-refractivity contribution in [3.63, 3.8) is 0 Å². The molecule has 0 radical (unpaired) electrons. The summed E-state index contributed by atoms with van der Waals surface area (Å²) in [5, 5.41) is 3.68. The number of nitrogens with one attached hydrogen (secondary N) is 1. The minimum absolute atomic E-state index is 0.588. The molecule has 1 aliphatic heterocycles. The zero-order valence-electron chi connectivity index (χ0n) is 13.5. The summed E-state index contributed by atoms with van der Waals surface area (Å²) in [6, 6.07) is 0. The Hall–Kier alpha value is -0.0800. The molecular formula is C18H34N2. The minimum atomic E-state index is 0.588. The molecule has 2 aliphatic carbocycles. The van der Waals surface area contributed by atoms with Crippen molar-refractivity contribution in [1.29, 1.82) is 0 Å². The van der Waals surface area contributed by atoms with Crippen LogP contribution in [0, 0.1) is 17.3 Å². The van der Waals surface area contributed by atoms with Crippen LogP contribution in [0.2, 0.25) is 0 Å². The Morgan fingerprint density at radius 1 is 0.950 bits per heavy atom. The van der Waals surface area contributed by atoms with E-state index in [2.05, 4.69) is 17.1 Å². The van der Waals surface area contributed by atoms with Crippen LogP contribution in [-0.2, 0) is 0 Å². The number of nitrogens with zero attached hydrogens (tertiary/aromatic N) is 1. The van der Waals surface area contributed by atoms with Crippen LogP contribution in [0.1, 0.15) is 64.7 Å². The third-order valence-electron chi connectivity index (χ3n) is 6.28. The summed E-state index contributed by atoms with van der Waals surface area (Å²) in [6.45, 7) is 8.86. The van der Waals surface area contributed by atoms with Crippen molar-refractivity contribution in [1.82, 2.24) is 10.2 Å². The SMILES string of the molecule is CCNCC1(CN2CC3CCCC3C2)CCCCCC1. The number of hydrogen-bond donors (Lipinski definition) is 1. The monoisotopic (exact) mass is 278 g/mol. The van der Waals surface area contributed by atoms with E-state index >= 15 is 0 Å². The zero-order valence-corrected chi connectivity index (χ0v) is 13.5. The van der Waals surface area contributed by atoms with Crippen LogP contribution in [0.15, 0.2) is 0 Å². The molecule has 2 unspecified atom stereocenters. The molecule has 3 rings (SSSR count). The molecule has 0 spiro atoms. The van der Waals surface area contributed by atoms with E-state index in [9.17, 15) is 0 Å². The predicted octanol–water partition coefficient (Wildman–Crippen LogP) is 3.67. The number of hydrogen-bond acceptors (Lipinski definition) is 2. The summed E-state index contributed by atoms with van der Waals surface area (Å²) in [6.07, 6.45) is 13.3. The maximum atomic E-state index is 3.68. The maximum Gasteiger partial charge on any atom is 0.00504 e. The lowest BCUT2D eigenvalue weighted by Gasteiger charge is -2.37. The maximum absolute atomic E-state index is 3.68. The second kappa shape index (κ2) is 6.79. The summed E-state index contributed by atoms with van der Waals surface area (Å²) in [5.74, 6) is 2.11. The molecule has 20 heavy (non-hydrogen) atoms. The third kappa shape index (κ3) is 3.39. The Labute approximate surface area is 125 Å². The van der Waals surface area contributed by atoms with Gasteiger partial charge in [0, 0.05) is 26.2 Å². The van der Waals surface area contributed by atoms with Gasteiger partial charge in [0.15, 0.2) is 0 Å². The number of rotatable bonds is 5. The lowest BCUT2D eigenvalue weighted by atomic mass is 9.79. The summed E-state index contributed by atoms with van der Waals surface area (Å²) in [7, 11) is 0. The van der Waals surface area contributed by atoms with Gasteiger partial charge in [0.05, 0.1) is 0 Å². The first-order valence-corrected chi connectivity index (χ1v) is 9.24. The first-order chi connectivity index (χ1) is 9.81. The fourth-order valence-electron chi connectivity index (χ4n) is 5.20. The van der Waals surface area contributed by atoms with Crippen molar-refractivity contribution < 1.29 is 0 Å². The lowest BCUT2D eigenvalue weighted by molar-refractivity contribution is 0.139. The van der Waals surface area contributed by atoms with E-state index in [0.717, 1.165) is 18.4 Å². The molecular weight excluding hydrogens is 244 g/mol. The fourth-order valence-corrected chi connectivity index (χ4v) is 5.20. The average Bonchev–Trinajstić information content (AvgIpc) is 2.93. The van der Waals surface area contributed by atoms with Crippen LogP contribution >= 0.6 is 0 Å². The Balaban J connectivity index is 1.60. The summed E-state index contributed by atoms with van der Waals surface area (Å²) < 4.78 is 0. The van der Waals surface area contributed by atoms with Gasteiger partial charge in [-0.25, -0.2) is 0 Å². The molecule has 0 bridgehead atoms. The second-order valence-corrected chi connectivity index (χ2v) is 7.84. The van der Waals surface area contributed by atoms with Gasteiger partial charge in [-0.2, -0.15) is 0 Å². The van der Waals surface area contributed by atoms with Gasteiger partial charge in [0.25, 0.3) is 0 Å². The average molecular weight is 278 g/mol. The van der Waals surface area contributed by atoms with E-state index in [0.29, 0.717) is 5.41 Å². The molecule has 2 atom stereocenters. The van der Waals surface area contributed by atoms with Crippen molar-refractivity contribution >= 4 is 0 Å². The molecule has 0 aromatic rings. The highest BCUT2D eigenvalue weighted by Crippen LogP contribution is 2.41. The first-order valence-electron chi connectivity index (χ1n) is 9.24. The summed E-state index contributed by atoms with van der Waals surface area (Å²) in [4.78, 5) is 2.84. The van der Waals surface area contributed by atoms with Gasteiger partial charge in [-0.3, -0.25) is 0 Å². The minimum Gasteiger partial charge on any atom is -0.316 e. The van der Waals surface area contributed by atoms with Crippen LogP contribution in [0.4, 0.5) is 0 Å². The first kappa shape index (κ1) is 14.8. The van der Waals surface area contributed by atoms with Crippen molar-refractivity contribution in [2.45, 2.75) is 64.7 Å². The predicted molar refractivity (Wildman–Crippen MR) is 85.9 cm³/mol. The molecule has 2 saturated carbocycles. The molecule has 0 amide bonds. The Morgan fingerprint density at radius 3 is 2.20 bits per heavy atom. The van der Waals surface area contributed by atoms with Crippen molar-refractivity contribution in [2.24, 2.45) is 17.3 Å². The zero-order chi connectivity index (χ0) is 13.8. The molecule has 116 valence electrons. The van der Waals surface area contributed by atoms with E-state index in [-0.39, 0.29) is 0 Å². The van der Waals surface area contributed by atoms with Crippen LogP contribution in [-0.4, -0.2) is 37.6 Å². The topological polar surface area (TPSA) is 15.3 Å². The normalized spacial score (nSPS) is 34.0. The second-order valence-electron chi connectivity index (χ2n) is 7.84. The van der Waals surface area contributed by atoms with Gasteiger partial charge >= 0.3 is 0 Å². The standard InChI is InChI=1S/C18H34N2/c1-2-19-14-18(10-5-3-4-6-11-18)15-20-12-16-8-7-9-17(16)13-20/h16-17,19H,2-15H2,1H3.